The molecule has 6 heteroatoms. The van der Waals surface area contributed by atoms with E-state index in [1.807, 2.05) is 20.2 Å². The third kappa shape index (κ3) is 6.34. The maximum Gasteiger partial charge on any atom is 0.225 e. The van der Waals surface area contributed by atoms with E-state index in [0.29, 0.717) is 18.1 Å². The van der Waals surface area contributed by atoms with E-state index < -0.39 is 0 Å². The van der Waals surface area contributed by atoms with Gasteiger partial charge in [0.1, 0.15) is 5.82 Å². The Morgan fingerprint density at radius 1 is 0.778 bits per heavy atom. The zero-order valence-electron chi connectivity index (χ0n) is 21.9. The predicted octanol–water partition coefficient (Wildman–Crippen LogP) is 5.36. The molecule has 5 rings (SSSR count). The molecule has 1 heterocycles. The van der Waals surface area contributed by atoms with E-state index >= 15 is 0 Å². The summed E-state index contributed by atoms with van der Waals surface area (Å²) in [5.74, 6) is 2.46. The molecule has 1 aromatic heterocycles. The van der Waals surface area contributed by atoms with Crippen LogP contribution in [0.15, 0.2) is 54.6 Å². The van der Waals surface area contributed by atoms with Crippen molar-refractivity contribution in [3.05, 3.63) is 60.2 Å². The molecule has 3 aromatic rings. The Bertz CT molecular complexity index is 1090. The van der Waals surface area contributed by atoms with Crippen molar-refractivity contribution in [2.75, 3.05) is 30.9 Å². The Morgan fingerprint density at radius 3 is 2.31 bits per heavy atom. The lowest BCUT2D eigenvalue weighted by molar-refractivity contribution is 0.235. The van der Waals surface area contributed by atoms with Crippen molar-refractivity contribution in [3.8, 4) is 0 Å². The Labute approximate surface area is 216 Å². The summed E-state index contributed by atoms with van der Waals surface area (Å²) in [6.45, 7) is 2.11. The van der Waals surface area contributed by atoms with Crippen molar-refractivity contribution in [1.29, 1.82) is 0 Å². The van der Waals surface area contributed by atoms with Crippen LogP contribution in [-0.4, -0.2) is 48.7 Å². The summed E-state index contributed by atoms with van der Waals surface area (Å²) in [5, 5.41) is 12.6. The number of anilines is 2. The summed E-state index contributed by atoms with van der Waals surface area (Å²) in [5.41, 5.74) is 2.38. The number of nitrogens with zero attached hydrogens (tertiary/aromatic N) is 3. The Balaban J connectivity index is 1.10. The van der Waals surface area contributed by atoms with Gasteiger partial charge < -0.3 is 20.9 Å². The van der Waals surface area contributed by atoms with E-state index in [1.165, 1.54) is 44.1 Å². The SMILES string of the molecule is CN(C)c1nc(NC2CCC(NC[C@@H]3CCCC[C@@H]3NCc3ccccc3)CC2)nc2ccccc12. The van der Waals surface area contributed by atoms with E-state index in [4.69, 9.17) is 9.97 Å². The largest absolute Gasteiger partial charge is 0.362 e. The zero-order valence-corrected chi connectivity index (χ0v) is 21.9. The van der Waals surface area contributed by atoms with Crippen LogP contribution in [0, 0.1) is 5.92 Å². The van der Waals surface area contributed by atoms with Crippen LogP contribution in [0.2, 0.25) is 0 Å². The van der Waals surface area contributed by atoms with Gasteiger partial charge in [-0.1, -0.05) is 55.3 Å². The van der Waals surface area contributed by atoms with E-state index in [9.17, 15) is 0 Å². The quantitative estimate of drug-likeness (QED) is 0.379. The van der Waals surface area contributed by atoms with Gasteiger partial charge in [0.2, 0.25) is 5.95 Å². The Kier molecular flexibility index (Phi) is 8.34. The van der Waals surface area contributed by atoms with Gasteiger partial charge in [-0.3, -0.25) is 0 Å². The number of hydrogen-bond acceptors (Lipinski definition) is 6. The number of aromatic nitrogens is 2. The van der Waals surface area contributed by atoms with Gasteiger partial charge in [-0.15, -0.1) is 0 Å². The highest BCUT2D eigenvalue weighted by Crippen LogP contribution is 2.28. The van der Waals surface area contributed by atoms with Gasteiger partial charge in [-0.25, -0.2) is 4.98 Å². The van der Waals surface area contributed by atoms with Crippen molar-refractivity contribution >= 4 is 22.7 Å². The minimum atomic E-state index is 0.439. The number of benzene rings is 2. The molecule has 192 valence electrons. The van der Waals surface area contributed by atoms with Crippen LogP contribution in [0.3, 0.4) is 0 Å². The lowest BCUT2D eigenvalue weighted by Crippen LogP contribution is -2.46. The van der Waals surface area contributed by atoms with Crippen molar-refractivity contribution < 1.29 is 0 Å². The number of nitrogens with one attached hydrogen (secondary N) is 3. The second-order valence-corrected chi connectivity index (χ2v) is 10.9. The van der Waals surface area contributed by atoms with Crippen LogP contribution in [0.25, 0.3) is 10.9 Å². The fourth-order valence-electron chi connectivity index (χ4n) is 5.97. The smallest absolute Gasteiger partial charge is 0.225 e. The van der Waals surface area contributed by atoms with Crippen LogP contribution in [0.4, 0.5) is 11.8 Å². The maximum absolute atomic E-state index is 4.84. The lowest BCUT2D eigenvalue weighted by atomic mass is 9.83. The van der Waals surface area contributed by atoms with E-state index in [2.05, 4.69) is 69.4 Å². The van der Waals surface area contributed by atoms with Gasteiger partial charge >= 0.3 is 0 Å². The minimum Gasteiger partial charge on any atom is -0.362 e. The van der Waals surface area contributed by atoms with Crippen LogP contribution in [0.1, 0.15) is 56.9 Å². The van der Waals surface area contributed by atoms with Crippen LogP contribution in [0.5, 0.6) is 0 Å². The summed E-state index contributed by atoms with van der Waals surface area (Å²) in [4.78, 5) is 11.7. The van der Waals surface area contributed by atoms with Gasteiger partial charge in [0.05, 0.1) is 5.52 Å². The number of hydrogen-bond donors (Lipinski definition) is 3. The van der Waals surface area contributed by atoms with Gasteiger partial charge in [0.15, 0.2) is 0 Å². The summed E-state index contributed by atoms with van der Waals surface area (Å²) in [6.07, 6.45) is 10.1. The molecular formula is C30H42N6. The van der Waals surface area contributed by atoms with E-state index in [0.717, 1.165) is 54.5 Å². The van der Waals surface area contributed by atoms with E-state index in [-0.39, 0.29) is 0 Å². The first-order valence-corrected chi connectivity index (χ1v) is 13.9. The van der Waals surface area contributed by atoms with Crippen LogP contribution in [-0.2, 0) is 6.54 Å². The normalized spacial score (nSPS) is 24.5. The number of para-hydroxylation sites is 1. The molecule has 0 amide bonds. The van der Waals surface area contributed by atoms with Crippen molar-refractivity contribution in [3.63, 3.8) is 0 Å². The van der Waals surface area contributed by atoms with Gasteiger partial charge in [-0.05, 0) is 68.7 Å². The number of fused-ring (bicyclic) bond motifs is 1. The van der Waals surface area contributed by atoms with Crippen molar-refractivity contribution in [2.24, 2.45) is 5.92 Å². The highest BCUT2D eigenvalue weighted by molar-refractivity contribution is 5.90. The Hall–Kier alpha value is -2.70. The average molecular weight is 487 g/mol. The molecule has 6 nitrogen and oxygen atoms in total. The predicted molar refractivity (Wildman–Crippen MR) is 151 cm³/mol. The molecule has 0 saturated heterocycles. The molecule has 2 aromatic carbocycles. The second-order valence-electron chi connectivity index (χ2n) is 10.9. The maximum atomic E-state index is 4.84. The molecule has 2 saturated carbocycles. The number of rotatable bonds is 9. The summed E-state index contributed by atoms with van der Waals surface area (Å²) in [7, 11) is 4.09. The average Bonchev–Trinajstić information content (AvgIpc) is 2.92. The van der Waals surface area contributed by atoms with Crippen molar-refractivity contribution in [2.45, 2.75) is 76.0 Å². The molecule has 0 radical (unpaired) electrons. The fourth-order valence-corrected chi connectivity index (χ4v) is 5.97. The third-order valence-electron chi connectivity index (χ3n) is 8.06. The first-order chi connectivity index (χ1) is 17.7. The molecule has 2 aliphatic rings. The van der Waals surface area contributed by atoms with Gasteiger partial charge in [0, 0.05) is 44.2 Å². The molecule has 0 bridgehead atoms. The van der Waals surface area contributed by atoms with Gasteiger partial charge in [-0.2, -0.15) is 4.98 Å². The second kappa shape index (κ2) is 12.0. The summed E-state index contributed by atoms with van der Waals surface area (Å²) in [6, 6.07) is 20.8. The topological polar surface area (TPSA) is 65.1 Å². The van der Waals surface area contributed by atoms with E-state index in [1.54, 1.807) is 0 Å². The first-order valence-electron chi connectivity index (χ1n) is 13.9. The standard InChI is InChI=1S/C30H42N6/c1-36(2)29-26-13-7-9-15-28(26)34-30(35-29)33-25-18-16-24(17-19-25)31-21-23-12-6-8-14-27(23)32-20-22-10-4-3-5-11-22/h3-5,7,9-11,13,15,23-25,27,31-32H,6,8,12,14,16-21H2,1-2H3,(H,33,34,35)/t23-,24?,25?,27-/m0/s1. The van der Waals surface area contributed by atoms with Crippen LogP contribution < -0.4 is 20.9 Å². The lowest BCUT2D eigenvalue weighted by Gasteiger charge is -2.35. The monoisotopic (exact) mass is 486 g/mol. The highest BCUT2D eigenvalue weighted by Gasteiger charge is 2.27. The first kappa shape index (κ1) is 25.0. The van der Waals surface area contributed by atoms with Gasteiger partial charge in [0.25, 0.3) is 0 Å². The molecule has 2 aliphatic carbocycles. The molecule has 2 fully saturated rings. The van der Waals surface area contributed by atoms with Crippen LogP contribution >= 0.6 is 0 Å². The molecule has 2 atom stereocenters. The molecule has 0 aliphatic heterocycles. The Morgan fingerprint density at radius 2 is 1.50 bits per heavy atom. The molecule has 0 spiro atoms. The van der Waals surface area contributed by atoms with Crippen molar-refractivity contribution in [1.82, 2.24) is 20.6 Å². The third-order valence-corrected chi connectivity index (χ3v) is 8.06. The minimum absolute atomic E-state index is 0.439. The highest BCUT2D eigenvalue weighted by atomic mass is 15.2. The fraction of sp³-hybridized carbons (Fsp3) is 0.533. The molecular weight excluding hydrogens is 444 g/mol. The molecule has 3 N–H and O–H groups in total. The summed E-state index contributed by atoms with van der Waals surface area (Å²) >= 11 is 0. The zero-order chi connectivity index (χ0) is 24.7. The summed E-state index contributed by atoms with van der Waals surface area (Å²) < 4.78 is 0. The molecule has 0 unspecified atom stereocenters. The molecule has 36 heavy (non-hydrogen) atoms.